The molecule has 2 heterocycles. The number of hydrogen-bond acceptors (Lipinski definition) is 6. The molecule has 4 N–H and O–H groups in total. The zero-order valence-corrected chi connectivity index (χ0v) is 15.2. The van der Waals surface area contributed by atoms with Crippen LogP contribution >= 0.6 is 22.7 Å². The molecule has 8 nitrogen and oxygen atoms in total. The van der Waals surface area contributed by atoms with Crippen molar-refractivity contribution in [2.45, 2.75) is 4.90 Å². The van der Waals surface area contributed by atoms with Gasteiger partial charge in [0.25, 0.3) is 15.2 Å². The highest BCUT2D eigenvalue weighted by atomic mass is 32.2. The minimum Gasteiger partial charge on any atom is -0.408 e. The van der Waals surface area contributed by atoms with E-state index in [9.17, 15) is 12.6 Å². The smallest absolute Gasteiger partial charge is 0.408 e. The van der Waals surface area contributed by atoms with Gasteiger partial charge in [0.15, 0.2) is 10.5 Å². The van der Waals surface area contributed by atoms with Crippen molar-refractivity contribution in [3.63, 3.8) is 0 Å². The molecule has 0 saturated carbocycles. The third kappa shape index (κ3) is 5.49. The number of H-pyrrole nitrogens is 1. The van der Waals surface area contributed by atoms with Crippen molar-refractivity contribution in [1.82, 2.24) is 9.97 Å². The van der Waals surface area contributed by atoms with E-state index in [1.807, 2.05) is 5.38 Å². The fraction of sp³-hybridized carbons (Fsp3) is 0. The van der Waals surface area contributed by atoms with Gasteiger partial charge in [-0.15, -0.1) is 11.3 Å². The zero-order chi connectivity index (χ0) is 17.4. The summed E-state index contributed by atoms with van der Waals surface area (Å²) < 4.78 is 39.2. The molecule has 0 spiro atoms. The van der Waals surface area contributed by atoms with Crippen molar-refractivity contribution in [2.75, 3.05) is 10.5 Å². The van der Waals surface area contributed by atoms with Crippen molar-refractivity contribution >= 4 is 60.5 Å². The van der Waals surface area contributed by atoms with Crippen LogP contribution in [0.2, 0.25) is 0 Å². The van der Waals surface area contributed by atoms with Crippen LogP contribution in [0, 0.1) is 0 Å². The average Bonchev–Trinajstić information content (AvgIpc) is 3.22. The predicted molar refractivity (Wildman–Crippen MR) is 97.9 cm³/mol. The van der Waals surface area contributed by atoms with Crippen LogP contribution in [-0.2, 0) is 26.1 Å². The summed E-state index contributed by atoms with van der Waals surface area (Å²) in [4.78, 5) is 6.78. The molecule has 24 heavy (non-hydrogen) atoms. The molecule has 3 rings (SSSR count). The van der Waals surface area contributed by atoms with Gasteiger partial charge in [-0.2, -0.15) is 0 Å². The molecule has 0 radical (unpaired) electrons. The van der Waals surface area contributed by atoms with E-state index in [2.05, 4.69) is 19.4 Å². The lowest BCUT2D eigenvalue weighted by molar-refractivity contribution is 0.601. The number of nitrogens with two attached hydrogens (primary N) is 1. The molecule has 0 aliphatic rings. The minimum absolute atomic E-state index is 0.164. The van der Waals surface area contributed by atoms with Gasteiger partial charge in [0.1, 0.15) is 0 Å². The maximum absolute atomic E-state index is 11.8. The summed E-state index contributed by atoms with van der Waals surface area (Å²) in [7, 11) is -3.56. The Labute approximate surface area is 150 Å². The summed E-state index contributed by atoms with van der Waals surface area (Å²) in [5.41, 5.74) is 6.00. The first-order valence-corrected chi connectivity index (χ1v) is 10.2. The maximum atomic E-state index is 11.8. The van der Waals surface area contributed by atoms with E-state index in [0.717, 1.165) is 0 Å². The van der Waals surface area contributed by atoms with Gasteiger partial charge in [-0.3, -0.25) is 4.72 Å². The van der Waals surface area contributed by atoms with E-state index < -0.39 is 10.0 Å². The molecule has 0 aliphatic heterocycles. The monoisotopic (exact) mass is 402 g/mol. The van der Waals surface area contributed by atoms with Crippen LogP contribution in [0.5, 0.6) is 0 Å². The molecular formula is C12H12N5O3S4+. The van der Waals surface area contributed by atoms with E-state index in [1.54, 1.807) is 11.6 Å². The van der Waals surface area contributed by atoms with Crippen LogP contribution < -0.4 is 10.5 Å². The van der Waals surface area contributed by atoms with Gasteiger partial charge in [0.05, 0.1) is 9.10 Å². The largest absolute Gasteiger partial charge is 0.545 e. The van der Waals surface area contributed by atoms with Gasteiger partial charge in [0.2, 0.25) is 11.3 Å². The first-order valence-electron chi connectivity index (χ1n) is 6.24. The Hall–Kier alpha value is -2.15. The quantitative estimate of drug-likeness (QED) is 0.342. The van der Waals surface area contributed by atoms with Gasteiger partial charge in [-0.25, -0.2) is 13.4 Å². The number of nitrogen functional groups attached to an aromatic ring is 1. The Morgan fingerprint density at radius 2 is 2.08 bits per heavy atom. The molecule has 2 aromatic heterocycles. The lowest BCUT2D eigenvalue weighted by Crippen LogP contribution is -2.12. The van der Waals surface area contributed by atoms with E-state index in [1.165, 1.54) is 53.1 Å². The maximum Gasteiger partial charge on any atom is 0.545 e. The highest BCUT2D eigenvalue weighted by Crippen LogP contribution is 2.19. The Bertz CT molecular complexity index is 849. The van der Waals surface area contributed by atoms with Crippen LogP contribution in [-0.4, -0.2) is 18.4 Å². The molecule has 0 amide bonds. The standard InChI is InChI=1S/C9H9N3O2S2.C3H3N2OS2/c10-7-1-3-8(4-2-7)16(13,14)12-9-11-5-6-15-9;6-8-5-3-4-1-2-7-3/h1-6H,10H2,(H,11,12);1-2,4H/q;+1. The number of benzene rings is 1. The SMILES string of the molecule is Nc1ccc(S(=O)(=O)Nc2nccs2)cc1.O=[S+][N-]c1[nH]cc[s+]1. The Morgan fingerprint density at radius 3 is 2.62 bits per heavy atom. The first-order chi connectivity index (χ1) is 11.5. The molecule has 0 saturated heterocycles. The number of nitrogens with one attached hydrogen (secondary N) is 2. The number of thiazole rings is 2. The van der Waals surface area contributed by atoms with E-state index >= 15 is 0 Å². The lowest BCUT2D eigenvalue weighted by atomic mass is 10.3. The van der Waals surface area contributed by atoms with Crippen molar-refractivity contribution < 1.29 is 12.6 Å². The molecule has 3 aromatic rings. The Morgan fingerprint density at radius 1 is 1.33 bits per heavy atom. The van der Waals surface area contributed by atoms with Gasteiger partial charge in [-0.05, 0) is 30.5 Å². The second-order valence-electron chi connectivity index (χ2n) is 4.05. The lowest BCUT2D eigenvalue weighted by Gasteiger charge is -2.04. The molecule has 0 fully saturated rings. The van der Waals surface area contributed by atoms with Gasteiger partial charge in [-0.1, -0.05) is 4.72 Å². The summed E-state index contributed by atoms with van der Waals surface area (Å²) in [5, 5.41) is 4.53. The van der Waals surface area contributed by atoms with Crippen molar-refractivity contribution in [1.29, 1.82) is 0 Å². The highest BCUT2D eigenvalue weighted by molar-refractivity contribution is 7.93. The van der Waals surface area contributed by atoms with E-state index in [-0.39, 0.29) is 16.7 Å². The summed E-state index contributed by atoms with van der Waals surface area (Å²) in [5.74, 6) is 0. The summed E-state index contributed by atoms with van der Waals surface area (Å²) in [6.07, 6.45) is 3.27. The van der Waals surface area contributed by atoms with Gasteiger partial charge >= 0.3 is 11.9 Å². The normalized spacial score (nSPS) is 10.3. The topological polar surface area (TPSA) is 132 Å². The number of nitrogens with zero attached hydrogens (tertiary/aromatic N) is 2. The highest BCUT2D eigenvalue weighted by Gasteiger charge is 2.14. The van der Waals surface area contributed by atoms with Crippen LogP contribution in [0.3, 0.4) is 0 Å². The van der Waals surface area contributed by atoms with Crippen molar-refractivity contribution in [2.24, 2.45) is 0 Å². The molecule has 0 atom stereocenters. The van der Waals surface area contributed by atoms with Crippen LogP contribution in [0.15, 0.2) is 52.3 Å². The minimum atomic E-state index is -3.56. The van der Waals surface area contributed by atoms with Crippen LogP contribution in [0.25, 0.3) is 4.72 Å². The number of aromatic amines is 1. The van der Waals surface area contributed by atoms with Crippen molar-refractivity contribution in [3.05, 3.63) is 52.1 Å². The second-order valence-corrected chi connectivity index (χ2v) is 7.85. The Kier molecular flexibility index (Phi) is 6.54. The Balaban J connectivity index is 0.000000219. The summed E-state index contributed by atoms with van der Waals surface area (Å²) in [6, 6.07) is 5.98. The third-order valence-corrected chi connectivity index (χ3v) is 5.67. The number of anilines is 2. The molecule has 0 aliphatic carbocycles. The van der Waals surface area contributed by atoms with Crippen molar-refractivity contribution in [3.8, 4) is 0 Å². The van der Waals surface area contributed by atoms with Crippen LogP contribution in [0.1, 0.15) is 0 Å². The number of rotatable bonds is 5. The molecule has 0 bridgehead atoms. The fourth-order valence-electron chi connectivity index (χ4n) is 1.41. The van der Waals surface area contributed by atoms with Gasteiger partial charge < -0.3 is 10.7 Å². The van der Waals surface area contributed by atoms with Gasteiger partial charge in [0, 0.05) is 17.3 Å². The molecular weight excluding hydrogens is 390 g/mol. The van der Waals surface area contributed by atoms with E-state index in [4.69, 9.17) is 5.73 Å². The molecule has 126 valence electrons. The number of sulfonamides is 1. The second kappa shape index (κ2) is 8.63. The average molecular weight is 403 g/mol. The van der Waals surface area contributed by atoms with Crippen LogP contribution in [0.4, 0.5) is 16.0 Å². The summed E-state index contributed by atoms with van der Waals surface area (Å²) >= 11 is 2.84. The molecule has 0 unspecified atom stereocenters. The number of aromatic nitrogens is 2. The predicted octanol–water partition coefficient (Wildman–Crippen LogP) is 3.23. The third-order valence-electron chi connectivity index (χ3n) is 2.42. The molecule has 1 aromatic carbocycles. The molecule has 12 heteroatoms. The zero-order valence-electron chi connectivity index (χ0n) is 11.9. The summed E-state index contributed by atoms with van der Waals surface area (Å²) in [6.45, 7) is 0. The fourth-order valence-corrected chi connectivity index (χ4v) is 3.99. The first kappa shape index (κ1) is 18.2. The number of hydrogen-bond donors (Lipinski definition) is 3. The van der Waals surface area contributed by atoms with E-state index in [0.29, 0.717) is 16.0 Å².